The molecule has 0 fully saturated rings. The molecular formula is C15H17N3O. The van der Waals surface area contributed by atoms with Gasteiger partial charge in [0.25, 0.3) is 5.91 Å². The fraction of sp³-hybridized carbons (Fsp3) is 0.200. The molecule has 0 radical (unpaired) electrons. The van der Waals surface area contributed by atoms with Gasteiger partial charge >= 0.3 is 0 Å². The summed E-state index contributed by atoms with van der Waals surface area (Å²) in [6.07, 6.45) is 0. The highest BCUT2D eigenvalue weighted by atomic mass is 16.1. The third-order valence-electron chi connectivity index (χ3n) is 2.87. The summed E-state index contributed by atoms with van der Waals surface area (Å²) in [5, 5.41) is 2.59. The number of anilines is 1. The first kappa shape index (κ1) is 13.1. The van der Waals surface area contributed by atoms with Crippen LogP contribution in [0.3, 0.4) is 0 Å². The van der Waals surface area contributed by atoms with Gasteiger partial charge in [0.05, 0.1) is 5.69 Å². The summed E-state index contributed by atoms with van der Waals surface area (Å²) in [5.74, 6) is -0.177. The predicted octanol–water partition coefficient (Wildman–Crippen LogP) is 2.17. The largest absolute Gasteiger partial charge is 0.377 e. The summed E-state index contributed by atoms with van der Waals surface area (Å²) in [4.78, 5) is 18.1. The molecule has 1 amide bonds. The van der Waals surface area contributed by atoms with Crippen LogP contribution in [-0.2, 0) is 0 Å². The number of hydrogen-bond acceptors (Lipinski definition) is 3. The summed E-state index contributed by atoms with van der Waals surface area (Å²) in [7, 11) is 5.58. The zero-order valence-corrected chi connectivity index (χ0v) is 11.3. The number of nitrogens with zero attached hydrogens (tertiary/aromatic N) is 2. The second-order valence-electron chi connectivity index (χ2n) is 4.40. The van der Waals surface area contributed by atoms with Crippen molar-refractivity contribution in [1.29, 1.82) is 0 Å². The first-order valence-corrected chi connectivity index (χ1v) is 6.09. The van der Waals surface area contributed by atoms with Crippen molar-refractivity contribution in [3.63, 3.8) is 0 Å². The van der Waals surface area contributed by atoms with Gasteiger partial charge in [-0.15, -0.1) is 0 Å². The van der Waals surface area contributed by atoms with E-state index in [0.717, 1.165) is 16.9 Å². The Bertz CT molecular complexity index is 593. The van der Waals surface area contributed by atoms with E-state index in [9.17, 15) is 4.79 Å². The molecule has 1 N–H and O–H groups in total. The van der Waals surface area contributed by atoms with Gasteiger partial charge < -0.3 is 10.2 Å². The number of nitrogens with one attached hydrogen (secondary N) is 1. The van der Waals surface area contributed by atoms with E-state index in [1.165, 1.54) is 0 Å². The van der Waals surface area contributed by atoms with Crippen LogP contribution in [-0.4, -0.2) is 32.0 Å². The van der Waals surface area contributed by atoms with Gasteiger partial charge in [0.1, 0.15) is 5.69 Å². The molecule has 0 unspecified atom stereocenters. The summed E-state index contributed by atoms with van der Waals surface area (Å²) in [5.41, 5.74) is 3.31. The fourth-order valence-corrected chi connectivity index (χ4v) is 1.92. The monoisotopic (exact) mass is 255 g/mol. The SMILES string of the molecule is CNC(=O)c1cccc(-c2ccccc2N(C)C)n1. The minimum Gasteiger partial charge on any atom is -0.377 e. The Hall–Kier alpha value is -2.36. The number of hydrogen-bond donors (Lipinski definition) is 1. The topological polar surface area (TPSA) is 45.2 Å². The molecule has 1 aromatic heterocycles. The van der Waals surface area contributed by atoms with Gasteiger partial charge in [-0.05, 0) is 18.2 Å². The van der Waals surface area contributed by atoms with Crippen LogP contribution in [0.4, 0.5) is 5.69 Å². The second kappa shape index (κ2) is 5.52. The van der Waals surface area contributed by atoms with Crippen LogP contribution in [0.5, 0.6) is 0 Å². The maximum Gasteiger partial charge on any atom is 0.269 e. The lowest BCUT2D eigenvalue weighted by molar-refractivity contribution is 0.0958. The van der Waals surface area contributed by atoms with E-state index in [0.29, 0.717) is 5.69 Å². The second-order valence-corrected chi connectivity index (χ2v) is 4.40. The quantitative estimate of drug-likeness (QED) is 0.914. The first-order chi connectivity index (χ1) is 9.13. The van der Waals surface area contributed by atoms with Crippen LogP contribution < -0.4 is 10.2 Å². The highest BCUT2D eigenvalue weighted by molar-refractivity contribution is 5.92. The van der Waals surface area contributed by atoms with Crippen LogP contribution in [0.15, 0.2) is 42.5 Å². The Morgan fingerprint density at radius 2 is 1.84 bits per heavy atom. The number of carbonyl (C=O) groups excluding carboxylic acids is 1. The number of rotatable bonds is 3. The van der Waals surface area contributed by atoms with Crippen LogP contribution in [0.1, 0.15) is 10.5 Å². The van der Waals surface area contributed by atoms with Crippen molar-refractivity contribution in [3.05, 3.63) is 48.2 Å². The van der Waals surface area contributed by atoms with E-state index < -0.39 is 0 Å². The smallest absolute Gasteiger partial charge is 0.269 e. The maximum atomic E-state index is 11.6. The van der Waals surface area contributed by atoms with Crippen LogP contribution in [0.2, 0.25) is 0 Å². The lowest BCUT2D eigenvalue weighted by Gasteiger charge is -2.17. The third-order valence-corrected chi connectivity index (χ3v) is 2.87. The molecule has 0 aliphatic rings. The first-order valence-electron chi connectivity index (χ1n) is 6.09. The molecular weight excluding hydrogens is 238 g/mol. The molecule has 0 bridgehead atoms. The number of pyridine rings is 1. The average molecular weight is 255 g/mol. The Kier molecular flexibility index (Phi) is 3.80. The molecule has 0 aliphatic carbocycles. The van der Waals surface area contributed by atoms with E-state index in [1.807, 2.05) is 55.4 Å². The predicted molar refractivity (Wildman–Crippen MR) is 77.4 cm³/mol. The molecule has 0 spiro atoms. The maximum absolute atomic E-state index is 11.6. The lowest BCUT2D eigenvalue weighted by atomic mass is 10.1. The van der Waals surface area contributed by atoms with Gasteiger partial charge in [-0.1, -0.05) is 24.3 Å². The van der Waals surface area contributed by atoms with Crippen molar-refractivity contribution in [2.24, 2.45) is 0 Å². The van der Waals surface area contributed by atoms with Crippen LogP contribution >= 0.6 is 0 Å². The third kappa shape index (κ3) is 2.73. The molecule has 2 aromatic rings. The molecule has 2 rings (SSSR count). The van der Waals surface area contributed by atoms with Crippen molar-refractivity contribution in [1.82, 2.24) is 10.3 Å². The number of carbonyl (C=O) groups is 1. The van der Waals surface area contributed by atoms with Crippen LogP contribution in [0.25, 0.3) is 11.3 Å². The zero-order chi connectivity index (χ0) is 13.8. The van der Waals surface area contributed by atoms with Gasteiger partial charge in [-0.3, -0.25) is 4.79 Å². The van der Waals surface area contributed by atoms with Gasteiger partial charge in [0, 0.05) is 32.4 Å². The Morgan fingerprint density at radius 1 is 1.11 bits per heavy atom. The van der Waals surface area contributed by atoms with Gasteiger partial charge in [0.2, 0.25) is 0 Å². The summed E-state index contributed by atoms with van der Waals surface area (Å²) >= 11 is 0. The molecule has 1 heterocycles. The molecule has 0 saturated carbocycles. The average Bonchev–Trinajstić information content (AvgIpc) is 2.46. The zero-order valence-electron chi connectivity index (χ0n) is 11.3. The van der Waals surface area contributed by atoms with Crippen molar-refractivity contribution >= 4 is 11.6 Å². The molecule has 4 nitrogen and oxygen atoms in total. The van der Waals surface area contributed by atoms with E-state index >= 15 is 0 Å². The normalized spacial score (nSPS) is 10.1. The lowest BCUT2D eigenvalue weighted by Crippen LogP contribution is -2.19. The molecule has 0 saturated heterocycles. The van der Waals surface area contributed by atoms with Crippen molar-refractivity contribution < 1.29 is 4.79 Å². The fourth-order valence-electron chi connectivity index (χ4n) is 1.92. The summed E-state index contributed by atoms with van der Waals surface area (Å²) < 4.78 is 0. The van der Waals surface area contributed by atoms with Crippen molar-refractivity contribution in [3.8, 4) is 11.3 Å². The number of amides is 1. The molecule has 19 heavy (non-hydrogen) atoms. The molecule has 4 heteroatoms. The number of benzene rings is 1. The van der Waals surface area contributed by atoms with E-state index in [-0.39, 0.29) is 5.91 Å². The summed E-state index contributed by atoms with van der Waals surface area (Å²) in [6, 6.07) is 13.5. The Balaban J connectivity index is 2.51. The number of para-hydroxylation sites is 1. The summed E-state index contributed by atoms with van der Waals surface area (Å²) in [6.45, 7) is 0. The minimum atomic E-state index is -0.177. The van der Waals surface area contributed by atoms with E-state index in [4.69, 9.17) is 0 Å². The van der Waals surface area contributed by atoms with Gasteiger partial charge in [-0.2, -0.15) is 0 Å². The van der Waals surface area contributed by atoms with Gasteiger partial charge in [-0.25, -0.2) is 4.98 Å². The molecule has 1 aromatic carbocycles. The van der Waals surface area contributed by atoms with E-state index in [1.54, 1.807) is 13.1 Å². The molecule has 0 aliphatic heterocycles. The van der Waals surface area contributed by atoms with E-state index in [2.05, 4.69) is 10.3 Å². The van der Waals surface area contributed by atoms with Crippen LogP contribution in [0, 0.1) is 0 Å². The molecule has 0 atom stereocenters. The minimum absolute atomic E-state index is 0.177. The van der Waals surface area contributed by atoms with Crippen molar-refractivity contribution in [2.45, 2.75) is 0 Å². The number of aromatic nitrogens is 1. The van der Waals surface area contributed by atoms with Crippen molar-refractivity contribution in [2.75, 3.05) is 26.0 Å². The highest BCUT2D eigenvalue weighted by Gasteiger charge is 2.10. The molecule has 98 valence electrons. The Labute approximate surface area is 113 Å². The van der Waals surface area contributed by atoms with Gasteiger partial charge in [0.15, 0.2) is 0 Å². The highest BCUT2D eigenvalue weighted by Crippen LogP contribution is 2.28. The Morgan fingerprint density at radius 3 is 2.53 bits per heavy atom. The standard InChI is InChI=1S/C15H17N3O/c1-16-15(19)13-9-6-8-12(17-13)11-7-4-5-10-14(11)18(2)3/h4-10H,1-3H3,(H,16,19).